The molecule has 0 radical (unpaired) electrons. The zero-order chi connectivity index (χ0) is 19.7. The van der Waals surface area contributed by atoms with Gasteiger partial charge >= 0.3 is 0 Å². The minimum Gasteiger partial charge on any atom is -0.348 e. The highest BCUT2D eigenvalue weighted by Crippen LogP contribution is 2.08. The van der Waals surface area contributed by atoms with Gasteiger partial charge in [-0.2, -0.15) is 0 Å². The summed E-state index contributed by atoms with van der Waals surface area (Å²) >= 11 is 0. The summed E-state index contributed by atoms with van der Waals surface area (Å²) in [6.07, 6.45) is 2.20. The number of carbonyl (C=O) groups is 2. The highest BCUT2D eigenvalue weighted by atomic mass is 19.1. The predicted octanol–water partition coefficient (Wildman–Crippen LogP) is 2.75. The van der Waals surface area contributed by atoms with Crippen LogP contribution >= 0.6 is 0 Å². The van der Waals surface area contributed by atoms with Crippen LogP contribution in [-0.2, 0) is 9.59 Å². The Labute approximate surface area is 150 Å². The molecule has 0 aromatic carbocycles. The lowest BCUT2D eigenvalue weighted by Gasteiger charge is -2.10. The maximum absolute atomic E-state index is 12.5. The molecule has 2 amide bonds. The Morgan fingerprint density at radius 2 is 1.58 bits per heavy atom. The Balaban J connectivity index is 0.000000260. The van der Waals surface area contributed by atoms with E-state index in [0.717, 1.165) is 12.4 Å². The number of aromatic nitrogens is 2. The van der Waals surface area contributed by atoms with Crippen LogP contribution in [0.25, 0.3) is 5.70 Å². The fraction of sp³-hybridized carbons (Fsp3) is 0.222. The quantitative estimate of drug-likeness (QED) is 0.876. The van der Waals surface area contributed by atoms with E-state index in [0.29, 0.717) is 17.1 Å². The van der Waals surface area contributed by atoms with Gasteiger partial charge in [-0.15, -0.1) is 0 Å². The van der Waals surface area contributed by atoms with Gasteiger partial charge in [0.2, 0.25) is 11.8 Å². The second kappa shape index (κ2) is 9.97. The van der Waals surface area contributed by atoms with Gasteiger partial charge in [0.25, 0.3) is 0 Å². The third-order valence-corrected chi connectivity index (χ3v) is 2.98. The maximum atomic E-state index is 12.5. The van der Waals surface area contributed by atoms with E-state index in [4.69, 9.17) is 0 Å². The first-order valence-electron chi connectivity index (χ1n) is 7.66. The summed E-state index contributed by atoms with van der Waals surface area (Å²) in [5, 5.41) is 5.11. The molecule has 0 unspecified atom stereocenters. The predicted molar refractivity (Wildman–Crippen MR) is 93.5 cm³/mol. The zero-order valence-corrected chi connectivity index (χ0v) is 14.7. The molecule has 0 aliphatic rings. The maximum Gasteiger partial charge on any atom is 0.221 e. The van der Waals surface area contributed by atoms with Crippen LogP contribution < -0.4 is 10.6 Å². The molecule has 0 aliphatic carbocycles. The average molecular weight is 362 g/mol. The van der Waals surface area contributed by atoms with Crippen molar-refractivity contribution in [3.8, 4) is 0 Å². The molecule has 2 heterocycles. The van der Waals surface area contributed by atoms with Gasteiger partial charge in [-0.1, -0.05) is 6.58 Å². The summed E-state index contributed by atoms with van der Waals surface area (Å²) < 4.78 is 24.9. The van der Waals surface area contributed by atoms with Gasteiger partial charge in [0.1, 0.15) is 11.6 Å². The smallest absolute Gasteiger partial charge is 0.221 e. The molecular weight excluding hydrogens is 342 g/mol. The van der Waals surface area contributed by atoms with Crippen LogP contribution in [0, 0.1) is 11.6 Å². The van der Waals surface area contributed by atoms with Crippen molar-refractivity contribution in [3.05, 3.63) is 66.3 Å². The van der Waals surface area contributed by atoms with E-state index in [-0.39, 0.29) is 23.7 Å². The summed E-state index contributed by atoms with van der Waals surface area (Å²) in [6, 6.07) is 5.40. The third kappa shape index (κ3) is 7.61. The summed E-state index contributed by atoms with van der Waals surface area (Å²) in [7, 11) is 0. The van der Waals surface area contributed by atoms with Gasteiger partial charge in [-0.25, -0.2) is 8.78 Å². The molecule has 0 saturated carbocycles. The molecule has 0 bridgehead atoms. The lowest BCUT2D eigenvalue weighted by atomic mass is 10.2. The van der Waals surface area contributed by atoms with E-state index >= 15 is 0 Å². The lowest BCUT2D eigenvalue weighted by Crippen LogP contribution is -2.24. The van der Waals surface area contributed by atoms with Crippen LogP contribution in [0.3, 0.4) is 0 Å². The second-order valence-electron chi connectivity index (χ2n) is 5.34. The lowest BCUT2D eigenvalue weighted by molar-refractivity contribution is -0.120. The first kappa shape index (κ1) is 20.9. The standard InChI is InChI=1S/C9H11FN2O.C9H9FN2O/c2*1-6(12-7(2)13)9-4-3-8(10)5-11-9/h3-6H,1-2H3,(H,12,13);3-5H,1H2,2H3,(H,12,13)/t6-;/m0./s1. The molecule has 138 valence electrons. The number of carbonyl (C=O) groups excluding carboxylic acids is 2. The molecule has 0 fully saturated rings. The van der Waals surface area contributed by atoms with Crippen molar-refractivity contribution in [1.82, 2.24) is 20.6 Å². The Hall–Kier alpha value is -3.16. The molecule has 2 N–H and O–H groups in total. The van der Waals surface area contributed by atoms with Crippen molar-refractivity contribution in [2.75, 3.05) is 0 Å². The van der Waals surface area contributed by atoms with Crippen LogP contribution in [0.15, 0.2) is 43.2 Å². The molecule has 0 saturated heterocycles. The molecular formula is C18H20F2N4O2. The molecule has 2 rings (SSSR count). The molecule has 0 spiro atoms. The molecule has 2 aromatic heterocycles. The normalized spacial score (nSPS) is 10.8. The fourth-order valence-electron chi connectivity index (χ4n) is 1.85. The van der Waals surface area contributed by atoms with Gasteiger partial charge in [-0.05, 0) is 31.2 Å². The first-order chi connectivity index (χ1) is 12.2. The number of halogens is 2. The summed E-state index contributed by atoms with van der Waals surface area (Å²) in [4.78, 5) is 28.9. The van der Waals surface area contributed by atoms with E-state index < -0.39 is 5.82 Å². The molecule has 8 heteroatoms. The summed E-state index contributed by atoms with van der Waals surface area (Å²) in [5.74, 6) is -1.15. The Morgan fingerprint density at radius 1 is 1.00 bits per heavy atom. The van der Waals surface area contributed by atoms with Crippen molar-refractivity contribution in [1.29, 1.82) is 0 Å². The summed E-state index contributed by atoms with van der Waals surface area (Å²) in [6.45, 7) is 8.17. The second-order valence-corrected chi connectivity index (χ2v) is 5.34. The van der Waals surface area contributed by atoms with Gasteiger partial charge < -0.3 is 10.6 Å². The summed E-state index contributed by atoms with van der Waals surface area (Å²) in [5.41, 5.74) is 1.47. The van der Waals surface area contributed by atoms with Crippen LogP contribution in [0.1, 0.15) is 38.2 Å². The topological polar surface area (TPSA) is 84.0 Å². The third-order valence-electron chi connectivity index (χ3n) is 2.98. The van der Waals surface area contributed by atoms with Gasteiger partial charge in [0.15, 0.2) is 0 Å². The van der Waals surface area contributed by atoms with Crippen molar-refractivity contribution < 1.29 is 18.4 Å². The number of amides is 2. The van der Waals surface area contributed by atoms with Gasteiger partial charge in [-0.3, -0.25) is 19.6 Å². The monoisotopic (exact) mass is 362 g/mol. The van der Waals surface area contributed by atoms with E-state index in [1.165, 1.54) is 32.0 Å². The highest BCUT2D eigenvalue weighted by Gasteiger charge is 2.07. The minimum atomic E-state index is -0.417. The zero-order valence-electron chi connectivity index (χ0n) is 14.7. The molecule has 6 nitrogen and oxygen atoms in total. The van der Waals surface area contributed by atoms with Crippen LogP contribution in [0.4, 0.5) is 8.78 Å². The Bertz CT molecular complexity index is 762. The van der Waals surface area contributed by atoms with Gasteiger partial charge in [0.05, 0.1) is 35.5 Å². The van der Waals surface area contributed by atoms with E-state index in [1.807, 2.05) is 0 Å². The molecule has 26 heavy (non-hydrogen) atoms. The van der Waals surface area contributed by atoms with Crippen molar-refractivity contribution in [2.45, 2.75) is 26.8 Å². The minimum absolute atomic E-state index is 0.126. The van der Waals surface area contributed by atoms with Crippen molar-refractivity contribution >= 4 is 17.5 Å². The number of hydrogen-bond donors (Lipinski definition) is 2. The van der Waals surface area contributed by atoms with E-state index in [9.17, 15) is 18.4 Å². The SMILES string of the molecule is C=C(NC(C)=O)c1ccc(F)cn1.CC(=O)N[C@@H](C)c1ccc(F)cn1. The van der Waals surface area contributed by atoms with Crippen LogP contribution in [0.5, 0.6) is 0 Å². The Kier molecular flexibility index (Phi) is 8.01. The van der Waals surface area contributed by atoms with Crippen molar-refractivity contribution in [2.24, 2.45) is 0 Å². The van der Waals surface area contributed by atoms with E-state index in [2.05, 4.69) is 27.2 Å². The van der Waals surface area contributed by atoms with Crippen LogP contribution in [0.2, 0.25) is 0 Å². The van der Waals surface area contributed by atoms with E-state index in [1.54, 1.807) is 13.0 Å². The number of pyridine rings is 2. The largest absolute Gasteiger partial charge is 0.348 e. The molecule has 1 atom stereocenters. The number of nitrogens with zero attached hydrogens (tertiary/aromatic N) is 2. The Morgan fingerprint density at radius 3 is 2.00 bits per heavy atom. The number of rotatable bonds is 4. The van der Waals surface area contributed by atoms with Crippen LogP contribution in [-0.4, -0.2) is 21.8 Å². The number of hydrogen-bond acceptors (Lipinski definition) is 4. The fourth-order valence-corrected chi connectivity index (χ4v) is 1.85. The molecule has 2 aromatic rings. The van der Waals surface area contributed by atoms with Crippen molar-refractivity contribution in [3.63, 3.8) is 0 Å². The molecule has 0 aliphatic heterocycles. The number of nitrogens with one attached hydrogen (secondary N) is 2. The first-order valence-corrected chi connectivity index (χ1v) is 7.66. The highest BCUT2D eigenvalue weighted by molar-refractivity contribution is 5.83. The van der Waals surface area contributed by atoms with Gasteiger partial charge in [0, 0.05) is 13.8 Å². The average Bonchev–Trinajstić information content (AvgIpc) is 2.55.